The van der Waals surface area contributed by atoms with Crippen molar-refractivity contribution in [3.05, 3.63) is 24.3 Å². The van der Waals surface area contributed by atoms with E-state index < -0.39 is 9.84 Å². The minimum atomic E-state index is -3.28. The van der Waals surface area contributed by atoms with Crippen molar-refractivity contribution in [3.8, 4) is 0 Å². The molecule has 0 radical (unpaired) electrons. The first-order valence-electron chi connectivity index (χ1n) is 6.27. The average molecular weight is 298 g/mol. The number of ether oxygens (including phenoxy) is 1. The van der Waals surface area contributed by atoms with E-state index in [2.05, 4.69) is 10.6 Å². The molecule has 1 amide bonds. The SMILES string of the molecule is COC1CNC(C(=O)Nc2cccc(S(C)(=O)=O)c2)C1. The summed E-state index contributed by atoms with van der Waals surface area (Å²) < 4.78 is 28.1. The molecule has 1 aromatic carbocycles. The van der Waals surface area contributed by atoms with Gasteiger partial charge in [0, 0.05) is 25.6 Å². The molecule has 0 aromatic heterocycles. The number of amides is 1. The summed E-state index contributed by atoms with van der Waals surface area (Å²) in [5, 5.41) is 5.79. The molecule has 20 heavy (non-hydrogen) atoms. The summed E-state index contributed by atoms with van der Waals surface area (Å²) in [5.74, 6) is -0.185. The van der Waals surface area contributed by atoms with Crippen molar-refractivity contribution in [1.82, 2.24) is 5.32 Å². The lowest BCUT2D eigenvalue weighted by Crippen LogP contribution is -2.35. The standard InChI is InChI=1S/C13H18N2O4S/c1-19-10-7-12(14-8-10)13(16)15-9-4-3-5-11(6-9)20(2,17)18/h3-6,10,12,14H,7-8H2,1-2H3,(H,15,16). The first-order chi connectivity index (χ1) is 9.40. The molecule has 0 aliphatic carbocycles. The molecule has 2 N–H and O–H groups in total. The van der Waals surface area contributed by atoms with Gasteiger partial charge in [-0.3, -0.25) is 4.79 Å². The lowest BCUT2D eigenvalue weighted by Gasteiger charge is -2.12. The van der Waals surface area contributed by atoms with E-state index in [0.29, 0.717) is 18.7 Å². The van der Waals surface area contributed by atoms with Gasteiger partial charge in [-0.1, -0.05) is 6.07 Å². The van der Waals surface area contributed by atoms with Gasteiger partial charge in [-0.05, 0) is 24.6 Å². The van der Waals surface area contributed by atoms with Gasteiger partial charge in [0.15, 0.2) is 9.84 Å². The molecule has 1 saturated heterocycles. The van der Waals surface area contributed by atoms with Crippen molar-refractivity contribution in [2.24, 2.45) is 0 Å². The predicted octanol–water partition coefficient (Wildman–Crippen LogP) is 0.405. The van der Waals surface area contributed by atoms with Gasteiger partial charge in [0.2, 0.25) is 5.91 Å². The lowest BCUT2D eigenvalue weighted by atomic mass is 10.2. The Hall–Kier alpha value is -1.44. The van der Waals surface area contributed by atoms with Gasteiger partial charge >= 0.3 is 0 Å². The van der Waals surface area contributed by atoms with Crippen LogP contribution < -0.4 is 10.6 Å². The van der Waals surface area contributed by atoms with Crippen molar-refractivity contribution in [1.29, 1.82) is 0 Å². The summed E-state index contributed by atoms with van der Waals surface area (Å²) in [6.07, 6.45) is 1.78. The molecule has 0 saturated carbocycles. The molecular weight excluding hydrogens is 280 g/mol. The number of benzene rings is 1. The van der Waals surface area contributed by atoms with Gasteiger partial charge in [-0.2, -0.15) is 0 Å². The zero-order valence-electron chi connectivity index (χ0n) is 11.4. The van der Waals surface area contributed by atoms with E-state index in [9.17, 15) is 13.2 Å². The van der Waals surface area contributed by atoms with Crippen LogP contribution in [0.15, 0.2) is 29.2 Å². The van der Waals surface area contributed by atoms with Crippen molar-refractivity contribution in [2.75, 3.05) is 25.2 Å². The minimum absolute atomic E-state index is 0.0353. The number of carbonyl (C=O) groups excluding carboxylic acids is 1. The zero-order valence-corrected chi connectivity index (χ0v) is 12.2. The van der Waals surface area contributed by atoms with E-state index in [-0.39, 0.29) is 22.9 Å². The van der Waals surface area contributed by atoms with E-state index in [1.165, 1.54) is 12.1 Å². The van der Waals surface area contributed by atoms with Crippen LogP contribution in [0.25, 0.3) is 0 Å². The number of hydrogen-bond donors (Lipinski definition) is 2. The monoisotopic (exact) mass is 298 g/mol. The molecule has 1 heterocycles. The summed E-state index contributed by atoms with van der Waals surface area (Å²) in [5.41, 5.74) is 0.473. The zero-order chi connectivity index (χ0) is 14.8. The predicted molar refractivity (Wildman–Crippen MR) is 75.4 cm³/mol. The molecule has 110 valence electrons. The summed E-state index contributed by atoms with van der Waals surface area (Å²) in [6, 6.07) is 5.90. The molecule has 1 aliphatic heterocycles. The molecule has 7 heteroatoms. The Morgan fingerprint density at radius 3 is 2.80 bits per heavy atom. The first kappa shape index (κ1) is 15.0. The molecular formula is C13H18N2O4S. The van der Waals surface area contributed by atoms with Crippen molar-refractivity contribution < 1.29 is 17.9 Å². The maximum atomic E-state index is 12.1. The van der Waals surface area contributed by atoms with Gasteiger partial charge in [-0.25, -0.2) is 8.42 Å². The summed E-state index contributed by atoms with van der Waals surface area (Å²) in [7, 11) is -1.67. The van der Waals surface area contributed by atoms with Crippen LogP contribution in [0.5, 0.6) is 0 Å². The Morgan fingerprint density at radius 1 is 1.45 bits per heavy atom. The van der Waals surface area contributed by atoms with Crippen LogP contribution in [0.1, 0.15) is 6.42 Å². The van der Waals surface area contributed by atoms with E-state index in [1.54, 1.807) is 19.2 Å². The van der Waals surface area contributed by atoms with Crippen molar-refractivity contribution in [2.45, 2.75) is 23.5 Å². The molecule has 2 rings (SSSR count). The van der Waals surface area contributed by atoms with Crippen LogP contribution in [-0.4, -0.2) is 46.4 Å². The number of nitrogens with one attached hydrogen (secondary N) is 2. The van der Waals surface area contributed by atoms with E-state index in [1.807, 2.05) is 0 Å². The Morgan fingerprint density at radius 2 is 2.20 bits per heavy atom. The van der Waals surface area contributed by atoms with Gasteiger partial charge in [0.1, 0.15) is 0 Å². The maximum Gasteiger partial charge on any atom is 0.241 e. The fourth-order valence-electron chi connectivity index (χ4n) is 2.12. The average Bonchev–Trinajstić information content (AvgIpc) is 2.87. The van der Waals surface area contributed by atoms with Gasteiger partial charge in [0.25, 0.3) is 0 Å². The van der Waals surface area contributed by atoms with Crippen LogP contribution in [0.4, 0.5) is 5.69 Å². The summed E-state index contributed by atoms with van der Waals surface area (Å²) in [6.45, 7) is 0.637. The van der Waals surface area contributed by atoms with Gasteiger partial charge in [0.05, 0.1) is 17.0 Å². The van der Waals surface area contributed by atoms with Crippen LogP contribution in [0, 0.1) is 0 Å². The van der Waals surface area contributed by atoms with Gasteiger partial charge < -0.3 is 15.4 Å². The Balaban J connectivity index is 2.05. The number of rotatable bonds is 4. The second-order valence-corrected chi connectivity index (χ2v) is 6.86. The fraction of sp³-hybridized carbons (Fsp3) is 0.462. The Bertz CT molecular complexity index is 600. The quantitative estimate of drug-likeness (QED) is 0.841. The van der Waals surface area contributed by atoms with Crippen LogP contribution in [-0.2, 0) is 19.4 Å². The second-order valence-electron chi connectivity index (χ2n) is 4.84. The highest BCUT2D eigenvalue weighted by Crippen LogP contribution is 2.17. The van der Waals surface area contributed by atoms with Crippen LogP contribution >= 0.6 is 0 Å². The Kier molecular flexibility index (Phi) is 4.42. The van der Waals surface area contributed by atoms with E-state index in [4.69, 9.17) is 4.74 Å². The highest BCUT2D eigenvalue weighted by molar-refractivity contribution is 7.90. The highest BCUT2D eigenvalue weighted by atomic mass is 32.2. The topological polar surface area (TPSA) is 84.5 Å². The second kappa shape index (κ2) is 5.90. The fourth-order valence-corrected chi connectivity index (χ4v) is 2.78. The van der Waals surface area contributed by atoms with E-state index in [0.717, 1.165) is 6.26 Å². The normalized spacial score (nSPS) is 22.7. The maximum absolute atomic E-state index is 12.1. The molecule has 2 atom stereocenters. The molecule has 1 aromatic rings. The number of hydrogen-bond acceptors (Lipinski definition) is 5. The van der Waals surface area contributed by atoms with Crippen LogP contribution in [0.2, 0.25) is 0 Å². The molecule has 1 aliphatic rings. The van der Waals surface area contributed by atoms with Crippen molar-refractivity contribution >= 4 is 21.4 Å². The lowest BCUT2D eigenvalue weighted by molar-refractivity contribution is -0.118. The molecule has 6 nitrogen and oxygen atoms in total. The first-order valence-corrected chi connectivity index (χ1v) is 8.16. The number of anilines is 1. The van der Waals surface area contributed by atoms with Crippen molar-refractivity contribution in [3.63, 3.8) is 0 Å². The summed E-state index contributed by atoms with van der Waals surface area (Å²) in [4.78, 5) is 12.2. The molecule has 0 bridgehead atoms. The number of carbonyl (C=O) groups is 1. The summed E-state index contributed by atoms with van der Waals surface area (Å²) >= 11 is 0. The van der Waals surface area contributed by atoms with Gasteiger partial charge in [-0.15, -0.1) is 0 Å². The third-order valence-electron chi connectivity index (χ3n) is 3.27. The number of sulfone groups is 1. The number of methoxy groups -OCH3 is 1. The molecule has 1 fully saturated rings. The largest absolute Gasteiger partial charge is 0.380 e. The third kappa shape index (κ3) is 3.56. The smallest absolute Gasteiger partial charge is 0.241 e. The van der Waals surface area contributed by atoms with Crippen LogP contribution in [0.3, 0.4) is 0 Å². The van der Waals surface area contributed by atoms with E-state index >= 15 is 0 Å². The molecule has 0 spiro atoms. The highest BCUT2D eigenvalue weighted by Gasteiger charge is 2.29. The third-order valence-corrected chi connectivity index (χ3v) is 4.38. The molecule has 2 unspecified atom stereocenters. The minimum Gasteiger partial charge on any atom is -0.380 e. The Labute approximate surface area is 118 Å².